The van der Waals surface area contributed by atoms with Gasteiger partial charge in [-0.1, -0.05) is 12.1 Å². The van der Waals surface area contributed by atoms with Gasteiger partial charge in [0.2, 0.25) is 0 Å². The number of carbonyl (C=O) groups is 1. The number of halogens is 1. The number of nitrogens with one attached hydrogen (secondary N) is 1. The van der Waals surface area contributed by atoms with Crippen LogP contribution >= 0.6 is 11.3 Å². The largest absolute Gasteiger partial charge is 0.379 e. The van der Waals surface area contributed by atoms with E-state index in [0.29, 0.717) is 25.5 Å². The standard InChI is InChI=1S/C16H18FN3O2S/c17-13-3-1-2-12(8-13)15(20-4-6-22-7-5-20)9-18-16(21)14-10-23-11-19-14/h1-3,8,10-11,15H,4-7,9H2,(H,18,21). The van der Waals surface area contributed by atoms with Crippen LogP contribution in [-0.4, -0.2) is 48.6 Å². The molecule has 3 rings (SSSR count). The van der Waals surface area contributed by atoms with Crippen LogP contribution in [0.2, 0.25) is 0 Å². The Balaban J connectivity index is 1.73. The molecule has 1 aliphatic rings. The van der Waals surface area contributed by atoms with Crippen LogP contribution in [0.3, 0.4) is 0 Å². The molecule has 0 saturated carbocycles. The molecular weight excluding hydrogens is 317 g/mol. The fourth-order valence-corrected chi connectivity index (χ4v) is 3.20. The van der Waals surface area contributed by atoms with Gasteiger partial charge in [0.25, 0.3) is 5.91 Å². The number of morpholine rings is 1. The summed E-state index contributed by atoms with van der Waals surface area (Å²) in [5.41, 5.74) is 2.89. The molecule has 7 heteroatoms. The zero-order chi connectivity index (χ0) is 16.1. The molecule has 0 aliphatic carbocycles. The quantitative estimate of drug-likeness (QED) is 0.909. The molecule has 5 nitrogen and oxygen atoms in total. The summed E-state index contributed by atoms with van der Waals surface area (Å²) in [5, 5.41) is 4.61. The van der Waals surface area contributed by atoms with Crippen LogP contribution in [0.1, 0.15) is 22.1 Å². The molecule has 0 radical (unpaired) electrons. The van der Waals surface area contributed by atoms with Gasteiger partial charge >= 0.3 is 0 Å². The number of rotatable bonds is 5. The van der Waals surface area contributed by atoms with Crippen molar-refractivity contribution in [2.75, 3.05) is 32.8 Å². The highest BCUT2D eigenvalue weighted by Crippen LogP contribution is 2.22. The number of aromatic nitrogens is 1. The van der Waals surface area contributed by atoms with Gasteiger partial charge in [-0.15, -0.1) is 11.3 Å². The zero-order valence-electron chi connectivity index (χ0n) is 12.6. The molecule has 1 amide bonds. The first-order chi connectivity index (χ1) is 11.2. The Labute approximate surface area is 138 Å². The second-order valence-electron chi connectivity index (χ2n) is 5.30. The first kappa shape index (κ1) is 16.0. The van der Waals surface area contributed by atoms with E-state index < -0.39 is 0 Å². The van der Waals surface area contributed by atoms with E-state index in [4.69, 9.17) is 4.74 Å². The molecule has 23 heavy (non-hydrogen) atoms. The first-order valence-electron chi connectivity index (χ1n) is 7.47. The summed E-state index contributed by atoms with van der Waals surface area (Å²) < 4.78 is 19.0. The van der Waals surface area contributed by atoms with E-state index in [-0.39, 0.29) is 17.8 Å². The first-order valence-corrected chi connectivity index (χ1v) is 8.42. The van der Waals surface area contributed by atoms with Crippen LogP contribution in [0.15, 0.2) is 35.2 Å². The van der Waals surface area contributed by atoms with E-state index in [0.717, 1.165) is 18.7 Å². The van der Waals surface area contributed by atoms with Gasteiger partial charge in [-0.25, -0.2) is 9.37 Å². The number of hydrogen-bond acceptors (Lipinski definition) is 5. The lowest BCUT2D eigenvalue weighted by atomic mass is 10.0. The monoisotopic (exact) mass is 335 g/mol. The summed E-state index contributed by atoms with van der Waals surface area (Å²) >= 11 is 1.38. The molecule has 1 unspecified atom stereocenters. The van der Waals surface area contributed by atoms with E-state index in [1.54, 1.807) is 17.0 Å². The van der Waals surface area contributed by atoms with Crippen molar-refractivity contribution in [2.24, 2.45) is 0 Å². The van der Waals surface area contributed by atoms with E-state index >= 15 is 0 Å². The zero-order valence-corrected chi connectivity index (χ0v) is 13.4. The summed E-state index contributed by atoms with van der Waals surface area (Å²) in [5.74, 6) is -0.479. The Morgan fingerprint density at radius 1 is 1.43 bits per heavy atom. The molecule has 1 fully saturated rings. The van der Waals surface area contributed by atoms with Crippen molar-refractivity contribution in [2.45, 2.75) is 6.04 Å². The Hall–Kier alpha value is -1.83. The average molecular weight is 335 g/mol. The smallest absolute Gasteiger partial charge is 0.270 e. The Bertz CT molecular complexity index is 645. The van der Waals surface area contributed by atoms with Crippen molar-refractivity contribution < 1.29 is 13.9 Å². The third kappa shape index (κ3) is 4.13. The third-order valence-electron chi connectivity index (χ3n) is 3.84. The van der Waals surface area contributed by atoms with E-state index in [9.17, 15) is 9.18 Å². The molecule has 0 spiro atoms. The minimum absolute atomic E-state index is 0.0859. The molecule has 122 valence electrons. The van der Waals surface area contributed by atoms with Crippen molar-refractivity contribution in [1.82, 2.24) is 15.2 Å². The second-order valence-corrected chi connectivity index (χ2v) is 6.02. The van der Waals surface area contributed by atoms with Gasteiger partial charge in [0.15, 0.2) is 0 Å². The topological polar surface area (TPSA) is 54.5 Å². The molecule has 1 aliphatic heterocycles. The average Bonchev–Trinajstić information content (AvgIpc) is 3.10. The van der Waals surface area contributed by atoms with Crippen molar-refractivity contribution in [3.05, 3.63) is 52.2 Å². The molecule has 1 aromatic carbocycles. The van der Waals surface area contributed by atoms with Crippen molar-refractivity contribution >= 4 is 17.2 Å². The van der Waals surface area contributed by atoms with Crippen molar-refractivity contribution in [3.63, 3.8) is 0 Å². The Kier molecular flexibility index (Phi) is 5.32. The van der Waals surface area contributed by atoms with E-state index in [2.05, 4.69) is 15.2 Å². The number of benzene rings is 1. The van der Waals surface area contributed by atoms with Gasteiger partial charge in [0.05, 0.1) is 24.8 Å². The lowest BCUT2D eigenvalue weighted by Gasteiger charge is -2.34. The van der Waals surface area contributed by atoms with Crippen LogP contribution in [0.25, 0.3) is 0 Å². The Morgan fingerprint density at radius 3 is 2.96 bits per heavy atom. The van der Waals surface area contributed by atoms with Crippen molar-refractivity contribution in [1.29, 1.82) is 0 Å². The van der Waals surface area contributed by atoms with Crippen LogP contribution < -0.4 is 5.32 Å². The van der Waals surface area contributed by atoms with Crippen LogP contribution in [0, 0.1) is 5.82 Å². The normalized spacial score (nSPS) is 16.9. The minimum atomic E-state index is -0.272. The lowest BCUT2D eigenvalue weighted by Crippen LogP contribution is -2.43. The maximum Gasteiger partial charge on any atom is 0.270 e. The van der Waals surface area contributed by atoms with Gasteiger partial charge < -0.3 is 10.1 Å². The number of amides is 1. The summed E-state index contributed by atoms with van der Waals surface area (Å²) in [7, 11) is 0. The predicted octanol–water partition coefficient (Wildman–Crippen LogP) is 2.09. The number of ether oxygens (including phenoxy) is 1. The minimum Gasteiger partial charge on any atom is -0.379 e. The highest BCUT2D eigenvalue weighted by molar-refractivity contribution is 7.07. The highest BCUT2D eigenvalue weighted by Gasteiger charge is 2.24. The Morgan fingerprint density at radius 2 is 2.26 bits per heavy atom. The fraction of sp³-hybridized carbons (Fsp3) is 0.375. The van der Waals surface area contributed by atoms with Gasteiger partial charge in [-0.2, -0.15) is 0 Å². The van der Waals surface area contributed by atoms with E-state index in [1.807, 2.05) is 6.07 Å². The van der Waals surface area contributed by atoms with Gasteiger partial charge in [-0.3, -0.25) is 9.69 Å². The molecule has 2 heterocycles. The number of nitrogens with zero attached hydrogens (tertiary/aromatic N) is 2. The molecule has 2 aromatic rings. The van der Waals surface area contributed by atoms with Crippen molar-refractivity contribution in [3.8, 4) is 0 Å². The molecule has 1 N–H and O–H groups in total. The van der Waals surface area contributed by atoms with Gasteiger partial charge in [0.1, 0.15) is 11.5 Å². The second kappa shape index (κ2) is 7.63. The number of carbonyl (C=O) groups excluding carboxylic acids is 1. The molecule has 1 saturated heterocycles. The number of thiazole rings is 1. The summed E-state index contributed by atoms with van der Waals surface area (Å²) in [6, 6.07) is 6.44. The van der Waals surface area contributed by atoms with Crippen LogP contribution in [-0.2, 0) is 4.74 Å². The molecule has 1 atom stereocenters. The van der Waals surface area contributed by atoms with Gasteiger partial charge in [0, 0.05) is 25.0 Å². The lowest BCUT2D eigenvalue weighted by molar-refractivity contribution is 0.0161. The summed E-state index contributed by atoms with van der Waals surface area (Å²) in [6.45, 7) is 3.21. The fourth-order valence-electron chi connectivity index (χ4n) is 2.67. The summed E-state index contributed by atoms with van der Waals surface area (Å²) in [6.07, 6.45) is 0. The predicted molar refractivity (Wildman–Crippen MR) is 86.0 cm³/mol. The maximum absolute atomic E-state index is 13.6. The van der Waals surface area contributed by atoms with Gasteiger partial charge in [-0.05, 0) is 17.7 Å². The van der Waals surface area contributed by atoms with Crippen LogP contribution in [0.4, 0.5) is 4.39 Å². The summed E-state index contributed by atoms with van der Waals surface area (Å²) in [4.78, 5) is 18.3. The molecular formula is C16H18FN3O2S. The molecule has 0 bridgehead atoms. The third-order valence-corrected chi connectivity index (χ3v) is 4.43. The molecule has 1 aromatic heterocycles. The van der Waals surface area contributed by atoms with Crippen LogP contribution in [0.5, 0.6) is 0 Å². The number of hydrogen-bond donors (Lipinski definition) is 1. The highest BCUT2D eigenvalue weighted by atomic mass is 32.1. The van der Waals surface area contributed by atoms with E-state index in [1.165, 1.54) is 23.5 Å². The maximum atomic E-state index is 13.6. The SMILES string of the molecule is O=C(NCC(c1cccc(F)c1)N1CCOCC1)c1cscn1.